The SMILES string of the molecule is COc1cccc([C@H]2c3c(-c4cc(C)ccc4O)n[nH]c3C(=O)N2CCCOC(C)C)c1. The lowest BCUT2D eigenvalue weighted by Crippen LogP contribution is -2.31. The first kappa shape index (κ1) is 21.9. The van der Waals surface area contributed by atoms with Crippen molar-refractivity contribution in [3.63, 3.8) is 0 Å². The highest BCUT2D eigenvalue weighted by Gasteiger charge is 2.42. The molecule has 0 radical (unpaired) electrons. The zero-order valence-corrected chi connectivity index (χ0v) is 18.9. The number of fused-ring (bicyclic) bond motifs is 1. The molecule has 168 valence electrons. The number of aromatic nitrogens is 2. The molecule has 1 atom stereocenters. The van der Waals surface area contributed by atoms with Gasteiger partial charge in [0.2, 0.25) is 0 Å². The van der Waals surface area contributed by atoms with E-state index in [9.17, 15) is 9.90 Å². The lowest BCUT2D eigenvalue weighted by molar-refractivity contribution is 0.0601. The highest BCUT2D eigenvalue weighted by Crippen LogP contribution is 2.45. The zero-order chi connectivity index (χ0) is 22.8. The van der Waals surface area contributed by atoms with E-state index in [2.05, 4.69) is 10.2 Å². The number of hydrogen-bond donors (Lipinski definition) is 2. The van der Waals surface area contributed by atoms with Gasteiger partial charge in [0.25, 0.3) is 5.91 Å². The molecule has 1 amide bonds. The summed E-state index contributed by atoms with van der Waals surface area (Å²) in [4.78, 5) is 15.2. The van der Waals surface area contributed by atoms with E-state index in [0.717, 1.165) is 22.4 Å². The van der Waals surface area contributed by atoms with Crippen molar-refractivity contribution in [1.82, 2.24) is 15.1 Å². The Balaban J connectivity index is 1.78. The first-order valence-corrected chi connectivity index (χ1v) is 10.9. The Morgan fingerprint density at radius 1 is 1.22 bits per heavy atom. The number of nitrogens with zero attached hydrogens (tertiary/aromatic N) is 2. The molecule has 2 heterocycles. The molecular weight excluding hydrogens is 406 g/mol. The number of rotatable bonds is 8. The molecule has 1 aliphatic rings. The number of methoxy groups -OCH3 is 1. The molecule has 2 aromatic carbocycles. The molecule has 1 aliphatic heterocycles. The highest BCUT2D eigenvalue weighted by atomic mass is 16.5. The zero-order valence-electron chi connectivity index (χ0n) is 18.9. The van der Waals surface area contributed by atoms with Crippen molar-refractivity contribution in [2.75, 3.05) is 20.3 Å². The van der Waals surface area contributed by atoms with Gasteiger partial charge in [0.1, 0.15) is 22.9 Å². The number of nitrogens with one attached hydrogen (secondary N) is 1. The van der Waals surface area contributed by atoms with E-state index in [0.29, 0.717) is 36.5 Å². The second kappa shape index (κ2) is 9.04. The molecular formula is C25H29N3O4. The van der Waals surface area contributed by atoms with Crippen LogP contribution in [-0.2, 0) is 4.74 Å². The van der Waals surface area contributed by atoms with Gasteiger partial charge in [-0.05, 0) is 57.0 Å². The molecule has 7 nitrogen and oxygen atoms in total. The Morgan fingerprint density at radius 3 is 2.78 bits per heavy atom. The lowest BCUT2D eigenvalue weighted by atomic mass is 9.95. The Labute approximate surface area is 188 Å². The number of hydrogen-bond acceptors (Lipinski definition) is 5. The molecule has 2 N–H and O–H groups in total. The van der Waals surface area contributed by atoms with Gasteiger partial charge in [-0.25, -0.2) is 0 Å². The number of aryl methyl sites for hydroxylation is 1. The fraction of sp³-hybridized carbons (Fsp3) is 0.360. The quantitative estimate of drug-likeness (QED) is 0.510. The normalized spacial score (nSPS) is 15.5. The molecule has 0 saturated carbocycles. The van der Waals surface area contributed by atoms with Crippen LogP contribution in [0.4, 0.5) is 0 Å². The van der Waals surface area contributed by atoms with Crippen LogP contribution in [0.15, 0.2) is 42.5 Å². The van der Waals surface area contributed by atoms with E-state index >= 15 is 0 Å². The fourth-order valence-electron chi connectivity index (χ4n) is 4.18. The summed E-state index contributed by atoms with van der Waals surface area (Å²) in [7, 11) is 1.62. The van der Waals surface area contributed by atoms with Crippen LogP contribution in [0.5, 0.6) is 11.5 Å². The second-order valence-electron chi connectivity index (χ2n) is 8.33. The monoisotopic (exact) mass is 435 g/mol. The van der Waals surface area contributed by atoms with Crippen LogP contribution in [0.25, 0.3) is 11.3 Å². The summed E-state index contributed by atoms with van der Waals surface area (Å²) >= 11 is 0. The Kier molecular flexibility index (Phi) is 6.19. The number of phenolic OH excluding ortho intramolecular Hbond substituents is 1. The number of ether oxygens (including phenoxy) is 2. The van der Waals surface area contributed by atoms with Crippen molar-refractivity contribution >= 4 is 5.91 Å². The Bertz CT molecular complexity index is 1120. The van der Waals surface area contributed by atoms with Crippen molar-refractivity contribution in [2.45, 2.75) is 39.3 Å². The standard InChI is InChI=1S/C25H29N3O4/c1-15(2)32-12-6-11-28-24(17-7-5-8-18(14-17)31-4)21-22(26-27-23(21)25(28)30)19-13-16(3)9-10-20(19)29/h5,7-10,13-15,24,29H,6,11-12H2,1-4H3,(H,26,27)/t24-/m0/s1. The third-order valence-electron chi connectivity index (χ3n) is 5.68. The number of carbonyl (C=O) groups is 1. The van der Waals surface area contributed by atoms with Crippen LogP contribution in [0, 0.1) is 6.92 Å². The molecule has 3 aromatic rings. The molecule has 0 bridgehead atoms. The number of H-pyrrole nitrogens is 1. The smallest absolute Gasteiger partial charge is 0.273 e. The van der Waals surface area contributed by atoms with Crippen molar-refractivity contribution in [2.24, 2.45) is 0 Å². The number of aromatic amines is 1. The second-order valence-corrected chi connectivity index (χ2v) is 8.33. The van der Waals surface area contributed by atoms with Gasteiger partial charge < -0.3 is 19.5 Å². The van der Waals surface area contributed by atoms with Gasteiger partial charge in [0.05, 0.1) is 19.3 Å². The van der Waals surface area contributed by atoms with E-state index in [-0.39, 0.29) is 23.8 Å². The summed E-state index contributed by atoms with van der Waals surface area (Å²) in [6, 6.07) is 12.8. The molecule has 0 fully saturated rings. The van der Waals surface area contributed by atoms with Crippen molar-refractivity contribution < 1.29 is 19.4 Å². The van der Waals surface area contributed by atoms with Crippen LogP contribution in [0.2, 0.25) is 0 Å². The topological polar surface area (TPSA) is 87.7 Å². The third-order valence-corrected chi connectivity index (χ3v) is 5.68. The van der Waals surface area contributed by atoms with Gasteiger partial charge in [0.15, 0.2) is 0 Å². The molecule has 0 unspecified atom stereocenters. The summed E-state index contributed by atoms with van der Waals surface area (Å²) in [5.41, 5.74) is 4.35. The van der Waals surface area contributed by atoms with Gasteiger partial charge in [-0.2, -0.15) is 5.10 Å². The maximum absolute atomic E-state index is 13.4. The van der Waals surface area contributed by atoms with Crippen LogP contribution in [-0.4, -0.2) is 52.5 Å². The number of benzene rings is 2. The molecule has 0 saturated heterocycles. The molecule has 4 rings (SSSR count). The van der Waals surface area contributed by atoms with Gasteiger partial charge in [-0.15, -0.1) is 0 Å². The maximum Gasteiger partial charge on any atom is 0.273 e. The van der Waals surface area contributed by atoms with Gasteiger partial charge in [0, 0.05) is 24.3 Å². The highest BCUT2D eigenvalue weighted by molar-refractivity contribution is 6.00. The van der Waals surface area contributed by atoms with E-state index in [1.165, 1.54) is 0 Å². The molecule has 0 spiro atoms. The summed E-state index contributed by atoms with van der Waals surface area (Å²) in [5.74, 6) is 0.740. The lowest BCUT2D eigenvalue weighted by Gasteiger charge is -2.27. The summed E-state index contributed by atoms with van der Waals surface area (Å²) < 4.78 is 11.1. The average Bonchev–Trinajstić information content (AvgIpc) is 3.32. The summed E-state index contributed by atoms with van der Waals surface area (Å²) in [6.07, 6.45) is 0.860. The average molecular weight is 436 g/mol. The first-order chi connectivity index (χ1) is 15.4. The van der Waals surface area contributed by atoms with E-state index < -0.39 is 0 Å². The molecule has 0 aliphatic carbocycles. The van der Waals surface area contributed by atoms with E-state index in [1.807, 2.05) is 62.1 Å². The van der Waals surface area contributed by atoms with Gasteiger partial charge in [-0.1, -0.05) is 23.8 Å². The van der Waals surface area contributed by atoms with E-state index in [1.54, 1.807) is 13.2 Å². The Morgan fingerprint density at radius 2 is 2.03 bits per heavy atom. The largest absolute Gasteiger partial charge is 0.507 e. The van der Waals surface area contributed by atoms with E-state index in [4.69, 9.17) is 9.47 Å². The van der Waals surface area contributed by atoms with Crippen molar-refractivity contribution in [1.29, 1.82) is 0 Å². The molecule has 32 heavy (non-hydrogen) atoms. The number of carbonyl (C=O) groups excluding carboxylic acids is 1. The van der Waals surface area contributed by atoms with Gasteiger partial charge in [-0.3, -0.25) is 9.89 Å². The summed E-state index contributed by atoms with van der Waals surface area (Å²) in [5, 5.41) is 17.9. The van der Waals surface area contributed by atoms with Crippen LogP contribution >= 0.6 is 0 Å². The fourth-order valence-corrected chi connectivity index (χ4v) is 4.18. The number of aromatic hydroxyl groups is 1. The minimum absolute atomic E-state index is 0.108. The van der Waals surface area contributed by atoms with Crippen LogP contribution in [0.3, 0.4) is 0 Å². The number of phenols is 1. The third kappa shape index (κ3) is 4.08. The molecule has 7 heteroatoms. The number of amides is 1. The summed E-state index contributed by atoms with van der Waals surface area (Å²) in [6.45, 7) is 7.06. The van der Waals surface area contributed by atoms with Crippen LogP contribution < -0.4 is 4.74 Å². The molecule has 1 aromatic heterocycles. The van der Waals surface area contributed by atoms with Crippen LogP contribution in [0.1, 0.15) is 53.5 Å². The minimum atomic E-state index is -0.347. The first-order valence-electron chi connectivity index (χ1n) is 10.9. The van der Waals surface area contributed by atoms with Gasteiger partial charge >= 0.3 is 0 Å². The Hall–Kier alpha value is -3.32. The predicted octanol–water partition coefficient (Wildman–Crippen LogP) is 4.46. The minimum Gasteiger partial charge on any atom is -0.507 e. The predicted molar refractivity (Wildman–Crippen MR) is 122 cm³/mol. The van der Waals surface area contributed by atoms with Crippen molar-refractivity contribution in [3.8, 4) is 22.8 Å². The van der Waals surface area contributed by atoms with Crippen molar-refractivity contribution in [3.05, 3.63) is 64.8 Å². The maximum atomic E-state index is 13.4.